The minimum Gasteiger partial charge on any atom is -0.309 e. The molecular weight excluding hydrogens is 801 g/mol. The van der Waals surface area contributed by atoms with Crippen molar-refractivity contribution in [1.82, 2.24) is 19.1 Å². The van der Waals surface area contributed by atoms with Gasteiger partial charge in [0, 0.05) is 43.8 Å². The standard InChI is InChI=1S/C62H46N4/c1-3-13-40(14-4-1)55-37-56(41-15-5-2-6-16-41)64-61(63-55)66-58-22-12-9-19-50(58)52-35-43(24-28-60(52)66)42-23-27-59-51(34-42)49-18-8-11-21-57(49)65(59)46-25-26-48-47-17-7-10-20-53(47)62(54(48)36-46)44-30-38-29-39(32-44)33-45(62)31-38/h1-28,34-39,44-45H,29-33H2. The lowest BCUT2D eigenvalue weighted by Gasteiger charge is -2.61. The van der Waals surface area contributed by atoms with Crippen LogP contribution in [-0.2, 0) is 5.41 Å². The van der Waals surface area contributed by atoms with E-state index in [2.05, 4.69) is 191 Å². The van der Waals surface area contributed by atoms with E-state index in [4.69, 9.17) is 9.97 Å². The molecule has 4 fully saturated rings. The van der Waals surface area contributed by atoms with Gasteiger partial charge in [-0.2, -0.15) is 0 Å². The number of rotatable bonds is 5. The molecule has 11 aromatic rings. The van der Waals surface area contributed by atoms with Crippen LogP contribution in [0.2, 0.25) is 0 Å². The molecule has 8 aromatic carbocycles. The van der Waals surface area contributed by atoms with Crippen LogP contribution in [0.3, 0.4) is 0 Å². The van der Waals surface area contributed by atoms with Gasteiger partial charge in [0.25, 0.3) is 0 Å². The Morgan fingerprint density at radius 3 is 1.48 bits per heavy atom. The highest BCUT2D eigenvalue weighted by atomic mass is 15.2. The number of fused-ring (bicyclic) bond motifs is 9. The smallest absolute Gasteiger partial charge is 0.235 e. The topological polar surface area (TPSA) is 35.6 Å². The third-order valence-electron chi connectivity index (χ3n) is 16.5. The second kappa shape index (κ2) is 13.7. The number of aromatic nitrogens is 4. The Kier molecular flexibility index (Phi) is 7.64. The minimum absolute atomic E-state index is 0.129. The number of benzene rings is 8. The Labute approximate surface area is 383 Å². The Morgan fingerprint density at radius 1 is 0.364 bits per heavy atom. The first kappa shape index (κ1) is 36.7. The molecule has 16 rings (SSSR count). The van der Waals surface area contributed by atoms with E-state index in [1.807, 2.05) is 12.1 Å². The lowest BCUT2D eigenvalue weighted by molar-refractivity contribution is -0.0399. The maximum absolute atomic E-state index is 5.27. The van der Waals surface area contributed by atoms with E-state index in [1.165, 1.54) is 92.6 Å². The van der Waals surface area contributed by atoms with E-state index >= 15 is 0 Å². The van der Waals surface area contributed by atoms with E-state index in [9.17, 15) is 0 Å². The van der Waals surface area contributed by atoms with Gasteiger partial charge in [0.2, 0.25) is 5.95 Å². The molecule has 0 radical (unpaired) electrons. The van der Waals surface area contributed by atoms with E-state index < -0.39 is 0 Å². The van der Waals surface area contributed by atoms with Crippen molar-refractivity contribution in [2.24, 2.45) is 23.7 Å². The summed E-state index contributed by atoms with van der Waals surface area (Å²) in [5.41, 5.74) is 18.5. The van der Waals surface area contributed by atoms with Gasteiger partial charge in [0.1, 0.15) is 0 Å². The van der Waals surface area contributed by atoms with Crippen molar-refractivity contribution in [2.75, 3.05) is 0 Å². The average Bonchev–Trinajstić information content (AvgIpc) is 3.99. The van der Waals surface area contributed by atoms with Crippen molar-refractivity contribution in [3.05, 3.63) is 205 Å². The maximum Gasteiger partial charge on any atom is 0.235 e. The van der Waals surface area contributed by atoms with Gasteiger partial charge >= 0.3 is 0 Å². The monoisotopic (exact) mass is 846 g/mol. The summed E-state index contributed by atoms with van der Waals surface area (Å²) >= 11 is 0. The summed E-state index contributed by atoms with van der Waals surface area (Å²) in [6.45, 7) is 0. The zero-order valence-corrected chi connectivity index (χ0v) is 36.6. The van der Waals surface area contributed by atoms with E-state index in [0.717, 1.165) is 57.2 Å². The fraction of sp³-hybridized carbons (Fsp3) is 0.161. The minimum atomic E-state index is 0.129. The van der Waals surface area contributed by atoms with Gasteiger partial charge in [-0.1, -0.05) is 140 Å². The first-order valence-corrected chi connectivity index (χ1v) is 24.0. The van der Waals surface area contributed by atoms with Crippen LogP contribution >= 0.6 is 0 Å². The van der Waals surface area contributed by atoms with Crippen LogP contribution in [0.25, 0.3) is 100 Å². The van der Waals surface area contributed by atoms with Gasteiger partial charge < -0.3 is 4.57 Å². The molecule has 4 nitrogen and oxygen atoms in total. The predicted octanol–water partition coefficient (Wildman–Crippen LogP) is 15.4. The van der Waals surface area contributed by atoms with Crippen LogP contribution in [0.1, 0.15) is 43.2 Å². The van der Waals surface area contributed by atoms with E-state index in [-0.39, 0.29) is 5.41 Å². The second-order valence-corrected chi connectivity index (χ2v) is 19.8. The molecule has 314 valence electrons. The van der Waals surface area contributed by atoms with Gasteiger partial charge in [-0.05, 0) is 144 Å². The highest BCUT2D eigenvalue weighted by molar-refractivity contribution is 6.12. The fourth-order valence-corrected chi connectivity index (χ4v) is 14.1. The van der Waals surface area contributed by atoms with Crippen molar-refractivity contribution in [1.29, 1.82) is 0 Å². The van der Waals surface area contributed by atoms with Crippen LogP contribution in [0.15, 0.2) is 194 Å². The predicted molar refractivity (Wildman–Crippen MR) is 270 cm³/mol. The van der Waals surface area contributed by atoms with E-state index in [1.54, 1.807) is 11.1 Å². The van der Waals surface area contributed by atoms with Gasteiger partial charge in [0.05, 0.1) is 33.5 Å². The molecule has 4 saturated carbocycles. The van der Waals surface area contributed by atoms with Crippen molar-refractivity contribution in [2.45, 2.75) is 37.5 Å². The van der Waals surface area contributed by atoms with Crippen molar-refractivity contribution >= 4 is 43.6 Å². The van der Waals surface area contributed by atoms with Crippen LogP contribution in [-0.4, -0.2) is 19.1 Å². The summed E-state index contributed by atoms with van der Waals surface area (Å²) in [5, 5.41) is 4.92. The first-order valence-electron chi connectivity index (χ1n) is 24.0. The first-order chi connectivity index (χ1) is 32.7. The molecule has 0 atom stereocenters. The molecular formula is C62H46N4. The molecule has 66 heavy (non-hydrogen) atoms. The van der Waals surface area contributed by atoms with Crippen molar-refractivity contribution in [3.8, 4) is 56.4 Å². The molecule has 0 saturated heterocycles. The molecule has 0 N–H and O–H groups in total. The summed E-state index contributed by atoms with van der Waals surface area (Å²) < 4.78 is 4.79. The molecule has 5 aliphatic carbocycles. The number of hydrogen-bond donors (Lipinski definition) is 0. The lowest BCUT2D eigenvalue weighted by Crippen LogP contribution is -2.55. The van der Waals surface area contributed by atoms with Gasteiger partial charge in [-0.15, -0.1) is 0 Å². The average molecular weight is 847 g/mol. The molecule has 0 aliphatic heterocycles. The SMILES string of the molecule is c1ccc(-c2cc(-c3ccccc3)nc(-n3c4ccccc4c4cc(-c5ccc6c(c5)c5ccccc5n6-c5ccc6c(c5)C5(c7ccccc7-6)C6CC7CC(C6)CC5C7)ccc43)n2)cc1. The number of hydrogen-bond acceptors (Lipinski definition) is 2. The van der Waals surface area contributed by atoms with Crippen LogP contribution in [0, 0.1) is 23.7 Å². The molecule has 4 bridgehead atoms. The third kappa shape index (κ3) is 5.10. The molecule has 4 heteroatoms. The molecule has 3 heterocycles. The Morgan fingerprint density at radius 2 is 0.864 bits per heavy atom. The van der Waals surface area contributed by atoms with Crippen molar-refractivity contribution < 1.29 is 0 Å². The zero-order valence-electron chi connectivity index (χ0n) is 36.6. The van der Waals surface area contributed by atoms with E-state index in [0.29, 0.717) is 5.95 Å². The zero-order chi connectivity index (χ0) is 43.1. The Balaban J connectivity index is 0.877. The quantitative estimate of drug-likeness (QED) is 0.173. The number of para-hydroxylation sites is 2. The third-order valence-corrected chi connectivity index (χ3v) is 16.5. The Bertz CT molecular complexity index is 3690. The Hall–Kier alpha value is -7.56. The molecule has 1 spiro atoms. The van der Waals surface area contributed by atoms with Crippen LogP contribution < -0.4 is 0 Å². The largest absolute Gasteiger partial charge is 0.309 e. The summed E-state index contributed by atoms with van der Waals surface area (Å²) in [5.74, 6) is 3.97. The van der Waals surface area contributed by atoms with Gasteiger partial charge in [-0.25, -0.2) is 9.97 Å². The van der Waals surface area contributed by atoms with Crippen LogP contribution in [0.4, 0.5) is 0 Å². The molecule has 5 aliphatic rings. The van der Waals surface area contributed by atoms with Gasteiger partial charge in [-0.3, -0.25) is 4.57 Å². The highest BCUT2D eigenvalue weighted by Gasteiger charge is 2.61. The molecule has 0 unspecified atom stereocenters. The number of nitrogens with zero attached hydrogens (tertiary/aromatic N) is 4. The van der Waals surface area contributed by atoms with Gasteiger partial charge in [0.15, 0.2) is 0 Å². The second-order valence-electron chi connectivity index (χ2n) is 19.8. The van der Waals surface area contributed by atoms with Crippen LogP contribution in [0.5, 0.6) is 0 Å². The maximum atomic E-state index is 5.27. The fourth-order valence-electron chi connectivity index (χ4n) is 14.1. The molecule has 3 aromatic heterocycles. The summed E-state index contributed by atoms with van der Waals surface area (Å²) in [4.78, 5) is 10.5. The summed E-state index contributed by atoms with van der Waals surface area (Å²) in [7, 11) is 0. The highest BCUT2D eigenvalue weighted by Crippen LogP contribution is 2.69. The normalized spacial score (nSPS) is 21.4. The summed E-state index contributed by atoms with van der Waals surface area (Å²) in [6.07, 6.45) is 7.02. The molecule has 0 amide bonds. The lowest BCUT2D eigenvalue weighted by atomic mass is 9.43. The summed E-state index contributed by atoms with van der Waals surface area (Å²) in [6, 6.07) is 71.7. The van der Waals surface area contributed by atoms with Crippen molar-refractivity contribution in [3.63, 3.8) is 0 Å².